The molecule has 27 heavy (non-hydrogen) atoms. The van der Waals surface area contributed by atoms with Crippen LogP contribution in [-0.4, -0.2) is 4.57 Å². The highest BCUT2D eigenvalue weighted by molar-refractivity contribution is 6.12. The van der Waals surface area contributed by atoms with Gasteiger partial charge in [0.15, 0.2) is 0 Å². The van der Waals surface area contributed by atoms with E-state index in [0.29, 0.717) is 0 Å². The van der Waals surface area contributed by atoms with Gasteiger partial charge >= 0.3 is 0 Å². The van der Waals surface area contributed by atoms with Crippen molar-refractivity contribution < 1.29 is 0 Å². The standard InChI is InChI=1S/C26H17N/c1-3-9-20-16(6-1)12-19-14-23-21-10-5-8-18-13-17-7-2-4-11-24(17)27(26(18)21)25(23)15-22(19)20/h1-11,14-15H,12-13H2. The summed E-state index contributed by atoms with van der Waals surface area (Å²) < 4.78 is 2.50. The molecule has 0 fully saturated rings. The van der Waals surface area contributed by atoms with E-state index in [4.69, 9.17) is 0 Å². The number of nitrogens with zero attached hydrogens (tertiary/aromatic N) is 1. The van der Waals surface area contributed by atoms with Crippen molar-refractivity contribution in [2.75, 3.05) is 0 Å². The third-order valence-corrected chi connectivity index (χ3v) is 6.40. The second kappa shape index (κ2) is 4.69. The van der Waals surface area contributed by atoms with Crippen molar-refractivity contribution in [3.8, 4) is 16.8 Å². The van der Waals surface area contributed by atoms with Gasteiger partial charge in [0.25, 0.3) is 0 Å². The SMILES string of the molecule is c1ccc2c(c1)Cc1cc3c4cccc5c4n(c3cc1-2)-c1ccccc1C5. The number of fused-ring (bicyclic) bond motifs is 8. The first-order chi connectivity index (χ1) is 13.4. The van der Waals surface area contributed by atoms with Gasteiger partial charge in [-0.1, -0.05) is 60.7 Å². The third-order valence-electron chi connectivity index (χ3n) is 6.40. The maximum atomic E-state index is 2.50. The summed E-state index contributed by atoms with van der Waals surface area (Å²) in [4.78, 5) is 0. The Morgan fingerprint density at radius 3 is 2.30 bits per heavy atom. The molecule has 1 aliphatic heterocycles. The fourth-order valence-corrected chi connectivity index (χ4v) is 5.24. The average molecular weight is 343 g/mol. The van der Waals surface area contributed by atoms with Crippen molar-refractivity contribution in [1.29, 1.82) is 0 Å². The zero-order valence-electron chi connectivity index (χ0n) is 14.9. The summed E-state index contributed by atoms with van der Waals surface area (Å²) in [6, 6.07) is 29.4. The van der Waals surface area contributed by atoms with Crippen LogP contribution in [0.3, 0.4) is 0 Å². The van der Waals surface area contributed by atoms with Gasteiger partial charge in [0, 0.05) is 22.9 Å². The molecule has 0 spiro atoms. The van der Waals surface area contributed by atoms with E-state index in [-0.39, 0.29) is 0 Å². The molecule has 7 rings (SSSR count). The van der Waals surface area contributed by atoms with Crippen molar-refractivity contribution in [2.24, 2.45) is 0 Å². The molecule has 1 nitrogen and oxygen atoms in total. The Labute approximate surface area is 157 Å². The second-order valence-electron chi connectivity index (χ2n) is 7.81. The van der Waals surface area contributed by atoms with Gasteiger partial charge in [0.05, 0.1) is 11.0 Å². The molecule has 0 amide bonds. The minimum absolute atomic E-state index is 1.02. The maximum Gasteiger partial charge on any atom is 0.0576 e. The lowest BCUT2D eigenvalue weighted by atomic mass is 9.97. The fraction of sp³-hybridized carbons (Fsp3) is 0.0769. The van der Waals surface area contributed by atoms with Gasteiger partial charge in [0.1, 0.15) is 0 Å². The van der Waals surface area contributed by atoms with Gasteiger partial charge in [-0.25, -0.2) is 0 Å². The molecular formula is C26H17N. The molecule has 2 aliphatic rings. The molecule has 0 atom stereocenters. The van der Waals surface area contributed by atoms with E-state index in [2.05, 4.69) is 83.4 Å². The first kappa shape index (κ1) is 13.8. The molecule has 1 aliphatic carbocycles. The Morgan fingerprint density at radius 1 is 0.556 bits per heavy atom. The predicted octanol–water partition coefficient (Wildman–Crippen LogP) is 6.26. The summed E-state index contributed by atoms with van der Waals surface area (Å²) in [6.45, 7) is 0. The van der Waals surface area contributed by atoms with Crippen molar-refractivity contribution >= 4 is 21.8 Å². The number of benzene rings is 4. The quantitative estimate of drug-likeness (QED) is 0.306. The van der Waals surface area contributed by atoms with Crippen molar-refractivity contribution in [1.82, 2.24) is 4.57 Å². The normalized spacial score (nSPS) is 13.6. The molecule has 1 heteroatoms. The van der Waals surface area contributed by atoms with Crippen LogP contribution in [-0.2, 0) is 12.8 Å². The largest absolute Gasteiger partial charge is 0.309 e. The average Bonchev–Trinajstić information content (AvgIpc) is 3.24. The van der Waals surface area contributed by atoms with Crippen LogP contribution in [0.15, 0.2) is 78.9 Å². The lowest BCUT2D eigenvalue weighted by Gasteiger charge is -2.20. The van der Waals surface area contributed by atoms with Crippen molar-refractivity contribution in [2.45, 2.75) is 12.8 Å². The zero-order valence-corrected chi connectivity index (χ0v) is 14.9. The van der Waals surface area contributed by atoms with Crippen LogP contribution in [0.2, 0.25) is 0 Å². The van der Waals surface area contributed by atoms with Gasteiger partial charge in [-0.2, -0.15) is 0 Å². The molecule has 0 radical (unpaired) electrons. The first-order valence-corrected chi connectivity index (χ1v) is 9.64. The predicted molar refractivity (Wildman–Crippen MR) is 112 cm³/mol. The molecular weight excluding hydrogens is 326 g/mol. The van der Waals surface area contributed by atoms with Crippen LogP contribution in [0.1, 0.15) is 22.3 Å². The summed E-state index contributed by atoms with van der Waals surface area (Å²) in [7, 11) is 0. The number of aromatic nitrogens is 1. The van der Waals surface area contributed by atoms with E-state index in [1.807, 2.05) is 0 Å². The van der Waals surface area contributed by atoms with Crippen LogP contribution in [0, 0.1) is 0 Å². The summed E-state index contributed by atoms with van der Waals surface area (Å²) in [5.41, 5.74) is 12.6. The molecule has 126 valence electrons. The highest BCUT2D eigenvalue weighted by atomic mass is 15.0. The van der Waals surface area contributed by atoms with E-state index in [9.17, 15) is 0 Å². The van der Waals surface area contributed by atoms with E-state index in [1.54, 1.807) is 0 Å². The Morgan fingerprint density at radius 2 is 1.33 bits per heavy atom. The molecule has 0 N–H and O–H groups in total. The zero-order chi connectivity index (χ0) is 17.5. The number of para-hydroxylation sites is 2. The Kier molecular flexibility index (Phi) is 2.40. The lowest BCUT2D eigenvalue weighted by Crippen LogP contribution is -2.07. The van der Waals surface area contributed by atoms with E-state index >= 15 is 0 Å². The van der Waals surface area contributed by atoms with Crippen LogP contribution < -0.4 is 0 Å². The van der Waals surface area contributed by atoms with Gasteiger partial charge in [-0.3, -0.25) is 0 Å². The number of hydrogen-bond donors (Lipinski definition) is 0. The van der Waals surface area contributed by atoms with Crippen molar-refractivity contribution in [3.63, 3.8) is 0 Å². The minimum Gasteiger partial charge on any atom is -0.309 e. The van der Waals surface area contributed by atoms with E-state index < -0.39 is 0 Å². The Hall–Kier alpha value is -3.32. The number of hydrogen-bond acceptors (Lipinski definition) is 0. The van der Waals surface area contributed by atoms with Crippen LogP contribution in [0.5, 0.6) is 0 Å². The van der Waals surface area contributed by atoms with Gasteiger partial charge in [0.2, 0.25) is 0 Å². The van der Waals surface area contributed by atoms with Crippen LogP contribution >= 0.6 is 0 Å². The minimum atomic E-state index is 1.02. The third kappa shape index (κ3) is 1.65. The molecule has 0 bridgehead atoms. The molecule has 0 unspecified atom stereocenters. The molecule has 0 saturated carbocycles. The summed E-state index contributed by atoms with van der Waals surface area (Å²) in [5.74, 6) is 0. The van der Waals surface area contributed by atoms with Crippen LogP contribution in [0.25, 0.3) is 38.6 Å². The first-order valence-electron chi connectivity index (χ1n) is 9.64. The second-order valence-corrected chi connectivity index (χ2v) is 7.81. The Bertz CT molecular complexity index is 1420. The molecule has 0 saturated heterocycles. The summed E-state index contributed by atoms with van der Waals surface area (Å²) in [5, 5.41) is 2.77. The molecule has 1 aromatic heterocycles. The maximum absolute atomic E-state index is 2.50. The topological polar surface area (TPSA) is 4.93 Å². The van der Waals surface area contributed by atoms with Crippen LogP contribution in [0.4, 0.5) is 0 Å². The summed E-state index contributed by atoms with van der Waals surface area (Å²) in [6.07, 6.45) is 2.07. The highest BCUT2D eigenvalue weighted by Crippen LogP contribution is 2.44. The summed E-state index contributed by atoms with van der Waals surface area (Å²) >= 11 is 0. The monoisotopic (exact) mass is 343 g/mol. The fourth-order valence-electron chi connectivity index (χ4n) is 5.24. The lowest BCUT2D eigenvalue weighted by molar-refractivity contribution is 1.04. The molecule has 4 aromatic carbocycles. The Balaban J connectivity index is 1.68. The smallest absolute Gasteiger partial charge is 0.0576 e. The van der Waals surface area contributed by atoms with Gasteiger partial charge in [-0.05, 0) is 58.0 Å². The van der Waals surface area contributed by atoms with Gasteiger partial charge in [-0.15, -0.1) is 0 Å². The van der Waals surface area contributed by atoms with Crippen molar-refractivity contribution in [3.05, 3.63) is 101 Å². The van der Waals surface area contributed by atoms with Gasteiger partial charge < -0.3 is 4.57 Å². The van der Waals surface area contributed by atoms with E-state index in [1.165, 1.54) is 60.9 Å². The van der Waals surface area contributed by atoms with E-state index in [0.717, 1.165) is 12.8 Å². The molecule has 5 aromatic rings. The molecule has 2 heterocycles. The highest BCUT2D eigenvalue weighted by Gasteiger charge is 2.25. The number of rotatable bonds is 0.